The summed E-state index contributed by atoms with van der Waals surface area (Å²) >= 11 is 0. The molecule has 2 rings (SSSR count). The first-order chi connectivity index (χ1) is 5.79. The van der Waals surface area contributed by atoms with Crippen LogP contribution in [0.4, 0.5) is 0 Å². The van der Waals surface area contributed by atoms with Gasteiger partial charge in [-0.3, -0.25) is 0 Å². The molecular weight excluding hydrogens is 156 g/mol. The normalized spacial score (nSPS) is 36.3. The number of hydrogen-bond donors (Lipinski definition) is 1. The van der Waals surface area contributed by atoms with E-state index in [0.717, 1.165) is 12.8 Å². The van der Waals surface area contributed by atoms with Gasteiger partial charge in [0.05, 0.1) is 6.10 Å². The van der Waals surface area contributed by atoms with Gasteiger partial charge in [0, 0.05) is 0 Å². The lowest BCUT2D eigenvalue weighted by Gasteiger charge is -2.18. The monoisotopic (exact) mass is 170 g/mol. The molecule has 68 valence electrons. The molecule has 1 heterocycles. The first-order valence-electron chi connectivity index (χ1n) is 4.67. The van der Waals surface area contributed by atoms with Crippen molar-refractivity contribution in [3.8, 4) is 0 Å². The van der Waals surface area contributed by atoms with Crippen molar-refractivity contribution < 1.29 is 14.6 Å². The van der Waals surface area contributed by atoms with E-state index >= 15 is 0 Å². The lowest BCUT2D eigenvalue weighted by atomic mass is 9.86. The van der Waals surface area contributed by atoms with Gasteiger partial charge in [0.2, 0.25) is 0 Å². The molecule has 1 aliphatic carbocycles. The molecule has 0 radical (unpaired) electrons. The van der Waals surface area contributed by atoms with Crippen LogP contribution in [0.25, 0.3) is 0 Å². The van der Waals surface area contributed by atoms with Crippen LogP contribution in [0.15, 0.2) is 0 Å². The van der Waals surface area contributed by atoms with Crippen LogP contribution in [0.2, 0.25) is 0 Å². The first kappa shape index (κ1) is 8.05. The zero-order chi connectivity index (χ0) is 8.55. The third kappa shape index (κ3) is 1.46. The molecule has 0 aromatic carbocycles. The number of epoxide rings is 1. The largest absolute Gasteiger partial charge is 0.479 e. The Labute approximate surface area is 71.7 Å². The number of hydrogen-bond acceptors (Lipinski definition) is 2. The molecule has 0 aromatic rings. The van der Waals surface area contributed by atoms with Gasteiger partial charge in [-0.15, -0.1) is 0 Å². The van der Waals surface area contributed by atoms with Crippen LogP contribution in [-0.4, -0.2) is 23.3 Å². The van der Waals surface area contributed by atoms with Crippen molar-refractivity contribution in [3.05, 3.63) is 0 Å². The third-order valence-electron chi connectivity index (χ3n) is 2.88. The molecule has 0 amide bonds. The van der Waals surface area contributed by atoms with Gasteiger partial charge in [0.15, 0.2) is 6.10 Å². The SMILES string of the molecule is O=C(O)[C@H]1O[C@H]1C1CCCCC1. The van der Waals surface area contributed by atoms with Crippen LogP contribution in [0.3, 0.4) is 0 Å². The summed E-state index contributed by atoms with van der Waals surface area (Å²) in [5.41, 5.74) is 0. The van der Waals surface area contributed by atoms with Crippen LogP contribution in [0.5, 0.6) is 0 Å². The fraction of sp³-hybridized carbons (Fsp3) is 0.889. The highest BCUT2D eigenvalue weighted by atomic mass is 16.6. The number of carboxylic acid groups (broad SMARTS) is 1. The molecule has 1 aliphatic heterocycles. The molecule has 12 heavy (non-hydrogen) atoms. The maximum Gasteiger partial charge on any atom is 0.335 e. The van der Waals surface area contributed by atoms with Crippen LogP contribution < -0.4 is 0 Å². The number of rotatable bonds is 2. The minimum Gasteiger partial charge on any atom is -0.479 e. The van der Waals surface area contributed by atoms with E-state index in [0.29, 0.717) is 5.92 Å². The van der Waals surface area contributed by atoms with Gasteiger partial charge < -0.3 is 9.84 Å². The highest BCUT2D eigenvalue weighted by molar-refractivity contribution is 5.75. The minimum absolute atomic E-state index is 0.0443. The summed E-state index contributed by atoms with van der Waals surface area (Å²) in [7, 11) is 0. The molecular formula is C9H14O3. The van der Waals surface area contributed by atoms with Gasteiger partial charge in [0.1, 0.15) is 0 Å². The van der Waals surface area contributed by atoms with Gasteiger partial charge in [-0.2, -0.15) is 0 Å². The topological polar surface area (TPSA) is 49.8 Å². The Kier molecular flexibility index (Phi) is 2.05. The fourth-order valence-corrected chi connectivity index (χ4v) is 2.14. The predicted octanol–water partition coefficient (Wildman–Crippen LogP) is 1.42. The van der Waals surface area contributed by atoms with E-state index in [1.807, 2.05) is 0 Å². The molecule has 3 nitrogen and oxygen atoms in total. The summed E-state index contributed by atoms with van der Waals surface area (Å²) < 4.78 is 5.12. The van der Waals surface area contributed by atoms with Crippen molar-refractivity contribution in [1.82, 2.24) is 0 Å². The lowest BCUT2D eigenvalue weighted by Crippen LogP contribution is -2.18. The quantitative estimate of drug-likeness (QED) is 0.637. The summed E-state index contributed by atoms with van der Waals surface area (Å²) in [6, 6.07) is 0. The molecule has 1 saturated carbocycles. The Morgan fingerprint density at radius 2 is 1.92 bits per heavy atom. The Bertz CT molecular complexity index is 184. The summed E-state index contributed by atoms with van der Waals surface area (Å²) in [4.78, 5) is 10.5. The molecule has 0 aromatic heterocycles. The van der Waals surface area contributed by atoms with E-state index in [1.165, 1.54) is 19.3 Å². The molecule has 2 atom stereocenters. The van der Waals surface area contributed by atoms with E-state index in [2.05, 4.69) is 0 Å². The highest BCUT2D eigenvalue weighted by Gasteiger charge is 2.49. The Hall–Kier alpha value is -0.570. The van der Waals surface area contributed by atoms with Crippen molar-refractivity contribution in [2.45, 2.75) is 44.3 Å². The first-order valence-corrected chi connectivity index (χ1v) is 4.67. The second kappa shape index (κ2) is 3.05. The summed E-state index contributed by atoms with van der Waals surface area (Å²) in [6.07, 6.45) is 5.69. The van der Waals surface area contributed by atoms with Gasteiger partial charge in [0.25, 0.3) is 0 Å². The zero-order valence-electron chi connectivity index (χ0n) is 7.03. The Balaban J connectivity index is 1.83. The van der Waals surface area contributed by atoms with Crippen molar-refractivity contribution in [2.24, 2.45) is 5.92 Å². The Morgan fingerprint density at radius 1 is 1.25 bits per heavy atom. The third-order valence-corrected chi connectivity index (χ3v) is 2.88. The van der Waals surface area contributed by atoms with Gasteiger partial charge >= 0.3 is 5.97 Å². The number of ether oxygens (including phenoxy) is 1. The van der Waals surface area contributed by atoms with Crippen molar-refractivity contribution in [3.63, 3.8) is 0 Å². The Morgan fingerprint density at radius 3 is 2.42 bits per heavy atom. The van der Waals surface area contributed by atoms with E-state index in [9.17, 15) is 4.79 Å². The second-order valence-corrected chi connectivity index (χ2v) is 3.76. The maximum absolute atomic E-state index is 10.5. The minimum atomic E-state index is -0.787. The van der Waals surface area contributed by atoms with E-state index in [1.54, 1.807) is 0 Å². The highest BCUT2D eigenvalue weighted by Crippen LogP contribution is 2.38. The van der Waals surface area contributed by atoms with Gasteiger partial charge in [-0.25, -0.2) is 4.79 Å². The lowest BCUT2D eigenvalue weighted by molar-refractivity contribution is -0.138. The zero-order valence-corrected chi connectivity index (χ0v) is 7.03. The number of carbonyl (C=O) groups is 1. The van der Waals surface area contributed by atoms with E-state index in [4.69, 9.17) is 9.84 Å². The summed E-state index contributed by atoms with van der Waals surface area (Å²) in [5.74, 6) is -0.259. The molecule has 1 N–H and O–H groups in total. The summed E-state index contributed by atoms with van der Waals surface area (Å²) in [6.45, 7) is 0. The summed E-state index contributed by atoms with van der Waals surface area (Å²) in [5, 5.41) is 8.63. The average molecular weight is 170 g/mol. The smallest absolute Gasteiger partial charge is 0.335 e. The molecule has 1 saturated heterocycles. The van der Waals surface area contributed by atoms with Crippen molar-refractivity contribution >= 4 is 5.97 Å². The van der Waals surface area contributed by atoms with E-state index < -0.39 is 12.1 Å². The molecule has 2 aliphatic rings. The number of carboxylic acids is 1. The van der Waals surface area contributed by atoms with Crippen molar-refractivity contribution in [2.75, 3.05) is 0 Å². The predicted molar refractivity (Wildman–Crippen MR) is 42.9 cm³/mol. The van der Waals surface area contributed by atoms with Crippen LogP contribution in [0.1, 0.15) is 32.1 Å². The molecule has 2 fully saturated rings. The van der Waals surface area contributed by atoms with Crippen LogP contribution in [-0.2, 0) is 9.53 Å². The molecule has 0 spiro atoms. The van der Waals surface area contributed by atoms with Gasteiger partial charge in [-0.05, 0) is 18.8 Å². The maximum atomic E-state index is 10.5. The average Bonchev–Trinajstić information content (AvgIpc) is 2.84. The van der Waals surface area contributed by atoms with Crippen molar-refractivity contribution in [1.29, 1.82) is 0 Å². The standard InChI is InChI=1S/C9H14O3/c10-9(11)8-7(12-8)6-4-2-1-3-5-6/h6-8H,1-5H2,(H,10,11)/t7-,8-/m0/s1. The molecule has 0 bridgehead atoms. The van der Waals surface area contributed by atoms with Gasteiger partial charge in [-0.1, -0.05) is 19.3 Å². The van der Waals surface area contributed by atoms with Crippen LogP contribution in [0, 0.1) is 5.92 Å². The molecule has 3 heteroatoms. The molecule has 0 unspecified atom stereocenters. The fourth-order valence-electron chi connectivity index (χ4n) is 2.14. The van der Waals surface area contributed by atoms with Crippen LogP contribution >= 0.6 is 0 Å². The van der Waals surface area contributed by atoms with E-state index in [-0.39, 0.29) is 6.10 Å². The number of aliphatic carboxylic acids is 1. The second-order valence-electron chi connectivity index (χ2n) is 3.76.